The van der Waals surface area contributed by atoms with Crippen LogP contribution in [0.4, 0.5) is 18.9 Å². The first-order chi connectivity index (χ1) is 17.4. The van der Waals surface area contributed by atoms with Crippen molar-refractivity contribution < 1.29 is 33.0 Å². The van der Waals surface area contributed by atoms with Crippen molar-refractivity contribution in [2.24, 2.45) is 5.41 Å². The highest BCUT2D eigenvalue weighted by molar-refractivity contribution is 6.09. The summed E-state index contributed by atoms with van der Waals surface area (Å²) in [6.45, 7) is 5.47. The number of fused-ring (bicyclic) bond motifs is 2. The van der Waals surface area contributed by atoms with Crippen LogP contribution in [-0.4, -0.2) is 53.4 Å². The van der Waals surface area contributed by atoms with Crippen LogP contribution in [0.25, 0.3) is 0 Å². The lowest BCUT2D eigenvalue weighted by molar-refractivity contribution is -0.124. The minimum Gasteiger partial charge on any atom is -0.394 e. The Bertz CT molecular complexity index is 1210. The quantitative estimate of drug-likeness (QED) is 0.360. The smallest absolute Gasteiger partial charge is 0.237 e. The molecule has 0 bridgehead atoms. The Labute approximate surface area is 225 Å². The number of nitrogens with one attached hydrogen (secondary N) is 3. The number of hydrogen-bond donors (Lipinski definition) is 5. The van der Waals surface area contributed by atoms with E-state index in [9.17, 15) is 27.9 Å². The molecule has 2 heterocycles. The Hall–Kier alpha value is -2.66. The Balaban J connectivity index is 0.00000400. The minimum absolute atomic E-state index is 0. The molecule has 208 valence electrons. The van der Waals surface area contributed by atoms with E-state index in [1.807, 2.05) is 20.8 Å². The third-order valence-electron chi connectivity index (χ3n) is 7.18. The lowest BCUT2D eigenvalue weighted by Crippen LogP contribution is -2.49. The molecule has 2 aliphatic rings. The molecule has 2 amide bonds. The summed E-state index contributed by atoms with van der Waals surface area (Å²) < 4.78 is 43.2. The van der Waals surface area contributed by atoms with E-state index >= 15 is 0 Å². The first-order valence-electron chi connectivity index (χ1n) is 12.3. The van der Waals surface area contributed by atoms with Gasteiger partial charge in [-0.3, -0.25) is 9.59 Å². The predicted molar refractivity (Wildman–Crippen MR) is 139 cm³/mol. The largest absolute Gasteiger partial charge is 0.394 e. The number of aliphatic hydroxyl groups excluding tert-OH is 2. The van der Waals surface area contributed by atoms with Crippen LogP contribution in [-0.2, 0) is 15.0 Å². The number of aliphatic hydroxyl groups is 2. The average molecular weight is 556 g/mol. The van der Waals surface area contributed by atoms with Gasteiger partial charge in [-0.1, -0.05) is 32.9 Å². The van der Waals surface area contributed by atoms with Gasteiger partial charge in [-0.25, -0.2) is 13.2 Å². The van der Waals surface area contributed by atoms with Gasteiger partial charge >= 0.3 is 0 Å². The molecule has 0 radical (unpaired) electrons. The molecule has 2 aromatic rings. The molecule has 4 rings (SSSR count). The van der Waals surface area contributed by atoms with E-state index in [-0.39, 0.29) is 42.0 Å². The van der Waals surface area contributed by atoms with E-state index in [2.05, 4.69) is 16.0 Å². The van der Waals surface area contributed by atoms with Gasteiger partial charge in [0.2, 0.25) is 11.8 Å². The molecule has 11 heteroatoms. The lowest BCUT2D eigenvalue weighted by atomic mass is 9.62. The molecule has 2 aromatic carbocycles. The summed E-state index contributed by atoms with van der Waals surface area (Å²) in [5.41, 5.74) is -1.21. The van der Waals surface area contributed by atoms with E-state index in [4.69, 9.17) is 5.11 Å². The Morgan fingerprint density at radius 2 is 1.84 bits per heavy atom. The van der Waals surface area contributed by atoms with Crippen LogP contribution >= 0.6 is 12.4 Å². The molecular formula is C27H33ClF3N3O4. The van der Waals surface area contributed by atoms with Gasteiger partial charge in [0.05, 0.1) is 18.8 Å². The topological polar surface area (TPSA) is 111 Å². The average Bonchev–Trinajstić information content (AvgIpc) is 3.28. The van der Waals surface area contributed by atoms with Gasteiger partial charge in [0.25, 0.3) is 0 Å². The fourth-order valence-electron chi connectivity index (χ4n) is 5.70. The third-order valence-corrected chi connectivity index (χ3v) is 7.18. The van der Waals surface area contributed by atoms with E-state index in [1.54, 1.807) is 6.07 Å². The van der Waals surface area contributed by atoms with Crippen molar-refractivity contribution >= 4 is 29.9 Å². The second-order valence-corrected chi connectivity index (χ2v) is 11.0. The van der Waals surface area contributed by atoms with Crippen molar-refractivity contribution in [2.75, 3.05) is 18.5 Å². The fourth-order valence-corrected chi connectivity index (χ4v) is 5.70. The first kappa shape index (κ1) is 29.9. The van der Waals surface area contributed by atoms with Gasteiger partial charge in [0.1, 0.15) is 11.2 Å². The van der Waals surface area contributed by atoms with Crippen LogP contribution in [0.1, 0.15) is 50.7 Å². The number of anilines is 1. The van der Waals surface area contributed by atoms with Gasteiger partial charge in [-0.15, -0.1) is 12.4 Å². The van der Waals surface area contributed by atoms with Crippen molar-refractivity contribution in [3.63, 3.8) is 0 Å². The molecule has 1 fully saturated rings. The number of amides is 2. The zero-order valence-electron chi connectivity index (χ0n) is 21.4. The van der Waals surface area contributed by atoms with Gasteiger partial charge in [0, 0.05) is 30.3 Å². The summed E-state index contributed by atoms with van der Waals surface area (Å²) >= 11 is 0. The van der Waals surface area contributed by atoms with Crippen LogP contribution in [0.5, 0.6) is 0 Å². The van der Waals surface area contributed by atoms with Crippen molar-refractivity contribution in [2.45, 2.75) is 63.1 Å². The van der Waals surface area contributed by atoms with Gasteiger partial charge in [-0.2, -0.15) is 0 Å². The van der Waals surface area contributed by atoms with Gasteiger partial charge < -0.3 is 26.2 Å². The normalized spacial score (nSPS) is 25.1. The third kappa shape index (κ3) is 5.40. The van der Waals surface area contributed by atoms with E-state index in [1.165, 1.54) is 18.2 Å². The van der Waals surface area contributed by atoms with Crippen LogP contribution in [0.2, 0.25) is 0 Å². The molecule has 1 saturated heterocycles. The van der Waals surface area contributed by atoms with Gasteiger partial charge in [0.15, 0.2) is 11.6 Å². The number of carbonyl (C=O) groups is 2. The monoisotopic (exact) mass is 555 g/mol. The number of halogens is 4. The summed E-state index contributed by atoms with van der Waals surface area (Å²) in [6.07, 6.45) is -0.525. The van der Waals surface area contributed by atoms with E-state index in [0.717, 1.165) is 12.1 Å². The van der Waals surface area contributed by atoms with Crippen molar-refractivity contribution in [3.05, 3.63) is 65.0 Å². The highest BCUT2D eigenvalue weighted by Gasteiger charge is 2.65. The van der Waals surface area contributed by atoms with Crippen LogP contribution in [0.3, 0.4) is 0 Å². The minimum atomic E-state index is -1.54. The maximum Gasteiger partial charge on any atom is 0.237 e. The number of hydrogen-bond acceptors (Lipinski definition) is 5. The molecule has 7 nitrogen and oxygen atoms in total. The van der Waals surface area contributed by atoms with Crippen LogP contribution < -0.4 is 16.0 Å². The van der Waals surface area contributed by atoms with Crippen molar-refractivity contribution in [1.82, 2.24) is 10.6 Å². The molecule has 5 atom stereocenters. The molecule has 1 spiro atoms. The molecule has 38 heavy (non-hydrogen) atoms. The standard InChI is InChI=1S/C27H32F3N3O4.ClH/c1-26(2,3)12-21-27(17-10-18(29)19(30)11-20(17)32-25(27)37)22(14-5-4-6-15(28)9-14)23(33-21)24(36)31-8-7-16(35)13-34;/h4-6,9-11,16,21-23,33-35H,7-8,12-13H2,1-3H3,(H,31,36)(H,32,37);1H/t16-,21+,22-,23+,27-;/m0./s1. The van der Waals surface area contributed by atoms with Crippen molar-refractivity contribution in [3.8, 4) is 0 Å². The summed E-state index contributed by atoms with van der Waals surface area (Å²) in [4.78, 5) is 27.4. The second-order valence-electron chi connectivity index (χ2n) is 11.0. The van der Waals surface area contributed by atoms with E-state index < -0.39 is 65.4 Å². The highest BCUT2D eigenvalue weighted by Crippen LogP contribution is 2.56. The summed E-state index contributed by atoms with van der Waals surface area (Å²) in [5, 5.41) is 27.4. The number of rotatable bonds is 7. The van der Waals surface area contributed by atoms with Crippen LogP contribution in [0.15, 0.2) is 36.4 Å². The zero-order valence-corrected chi connectivity index (χ0v) is 22.2. The first-order valence-corrected chi connectivity index (χ1v) is 12.3. The Kier molecular flexibility index (Phi) is 8.82. The Morgan fingerprint density at radius 1 is 1.16 bits per heavy atom. The predicted octanol–water partition coefficient (Wildman–Crippen LogP) is 3.14. The Morgan fingerprint density at radius 3 is 2.47 bits per heavy atom. The maximum atomic E-state index is 14.6. The number of carbonyl (C=O) groups excluding carboxylic acids is 2. The molecule has 5 N–H and O–H groups in total. The fraction of sp³-hybridized carbons (Fsp3) is 0.481. The lowest BCUT2D eigenvalue weighted by Gasteiger charge is -2.37. The van der Waals surface area contributed by atoms with Crippen molar-refractivity contribution in [1.29, 1.82) is 0 Å². The van der Waals surface area contributed by atoms with Crippen LogP contribution in [0, 0.1) is 22.9 Å². The zero-order chi connectivity index (χ0) is 27.1. The highest BCUT2D eigenvalue weighted by atomic mass is 35.5. The molecule has 0 saturated carbocycles. The molecule has 0 aromatic heterocycles. The molecule has 2 aliphatic heterocycles. The summed E-state index contributed by atoms with van der Waals surface area (Å²) in [7, 11) is 0. The van der Waals surface area contributed by atoms with Gasteiger partial charge in [-0.05, 0) is 47.6 Å². The maximum absolute atomic E-state index is 14.6. The van der Waals surface area contributed by atoms with E-state index in [0.29, 0.717) is 12.0 Å². The second kappa shape index (κ2) is 11.2. The number of benzene rings is 2. The molecule has 0 unspecified atom stereocenters. The summed E-state index contributed by atoms with van der Waals surface area (Å²) in [5.74, 6) is -4.82. The SMILES string of the molecule is CC(C)(C)C[C@H]1N[C@@H](C(=O)NCC[C@H](O)CO)[C@H](c2cccc(F)c2)[C@@]12C(=O)Nc1cc(F)c(F)cc12.Cl. The summed E-state index contributed by atoms with van der Waals surface area (Å²) in [6, 6.07) is 5.76. The molecular weight excluding hydrogens is 523 g/mol. The molecule has 0 aliphatic carbocycles.